The van der Waals surface area contributed by atoms with Crippen LogP contribution >= 0.6 is 0 Å². The van der Waals surface area contributed by atoms with Gasteiger partial charge in [-0.1, -0.05) is 42.7 Å². The number of carbonyl (C=O) groups is 2. The Morgan fingerprint density at radius 2 is 1.82 bits per heavy atom. The first-order chi connectivity index (χ1) is 13.6. The van der Waals surface area contributed by atoms with Gasteiger partial charge in [0.05, 0.1) is 12.3 Å². The highest BCUT2D eigenvalue weighted by molar-refractivity contribution is 5.84. The monoisotopic (exact) mass is 384 g/mol. The first-order valence-electron chi connectivity index (χ1n) is 10.8. The maximum Gasteiger partial charge on any atom is 0.227 e. The molecule has 2 saturated heterocycles. The Hall–Kier alpha value is -1.88. The summed E-state index contributed by atoms with van der Waals surface area (Å²) >= 11 is 0. The molecule has 1 aliphatic carbocycles. The summed E-state index contributed by atoms with van der Waals surface area (Å²) in [5.74, 6) is 0.171. The fourth-order valence-electron chi connectivity index (χ4n) is 5.17. The molecular weight excluding hydrogens is 352 g/mol. The molecule has 1 atom stereocenters. The zero-order chi connectivity index (χ0) is 19.6. The summed E-state index contributed by atoms with van der Waals surface area (Å²) in [5, 5.41) is 3.29. The van der Waals surface area contributed by atoms with Gasteiger partial charge in [-0.15, -0.1) is 0 Å². The molecule has 1 N–H and O–H groups in total. The van der Waals surface area contributed by atoms with Crippen LogP contribution in [0.15, 0.2) is 24.3 Å². The van der Waals surface area contributed by atoms with Gasteiger partial charge in [0.25, 0.3) is 0 Å². The highest BCUT2D eigenvalue weighted by atomic mass is 16.5. The zero-order valence-corrected chi connectivity index (χ0v) is 16.9. The average molecular weight is 385 g/mol. The highest BCUT2D eigenvalue weighted by Crippen LogP contribution is 2.44. The van der Waals surface area contributed by atoms with E-state index in [1.807, 2.05) is 29.2 Å². The quantitative estimate of drug-likeness (QED) is 0.868. The fraction of sp³-hybridized carbons (Fsp3) is 0.652. The number of nitrogens with zero attached hydrogens (tertiary/aromatic N) is 1. The fourth-order valence-corrected chi connectivity index (χ4v) is 5.17. The molecule has 3 aliphatic rings. The highest BCUT2D eigenvalue weighted by Gasteiger charge is 2.51. The molecule has 0 bridgehead atoms. The van der Waals surface area contributed by atoms with Crippen LogP contribution in [0.25, 0.3) is 0 Å². The second-order valence-electron chi connectivity index (χ2n) is 8.95. The van der Waals surface area contributed by atoms with E-state index in [1.165, 1.54) is 18.4 Å². The molecule has 1 aromatic carbocycles. The van der Waals surface area contributed by atoms with Crippen molar-refractivity contribution in [3.8, 4) is 0 Å². The number of ether oxygens (including phenoxy) is 1. The molecule has 3 fully saturated rings. The lowest BCUT2D eigenvalue weighted by Gasteiger charge is -2.37. The predicted molar refractivity (Wildman–Crippen MR) is 108 cm³/mol. The number of aryl methyl sites for hydroxylation is 1. The van der Waals surface area contributed by atoms with Crippen molar-refractivity contribution >= 4 is 11.8 Å². The van der Waals surface area contributed by atoms with E-state index < -0.39 is 0 Å². The molecular formula is C23H32N2O3. The standard InChI is InChI=1S/C23H32N2O3/c1-17-6-8-18(9-7-17)14-21(26)25-15-20(22(27)24-19-4-2-3-5-19)23(16-25)10-12-28-13-11-23/h6-9,19-20H,2-5,10-16H2,1H3,(H,24,27). The molecule has 0 aromatic heterocycles. The molecule has 1 spiro atoms. The molecule has 2 aliphatic heterocycles. The third-order valence-corrected chi connectivity index (χ3v) is 6.98. The van der Waals surface area contributed by atoms with Gasteiger partial charge in [-0.25, -0.2) is 0 Å². The lowest BCUT2D eigenvalue weighted by atomic mass is 9.71. The van der Waals surface area contributed by atoms with Gasteiger partial charge < -0.3 is 15.0 Å². The van der Waals surface area contributed by atoms with Crippen LogP contribution in [0, 0.1) is 18.3 Å². The van der Waals surface area contributed by atoms with Crippen molar-refractivity contribution in [3.05, 3.63) is 35.4 Å². The zero-order valence-electron chi connectivity index (χ0n) is 16.9. The minimum atomic E-state index is -0.121. The first kappa shape index (κ1) is 19.4. The van der Waals surface area contributed by atoms with E-state index >= 15 is 0 Å². The van der Waals surface area contributed by atoms with Crippen LogP contribution in [0.4, 0.5) is 0 Å². The Balaban J connectivity index is 1.46. The summed E-state index contributed by atoms with van der Waals surface area (Å²) in [6.07, 6.45) is 6.72. The van der Waals surface area contributed by atoms with Crippen LogP contribution in [-0.4, -0.2) is 49.1 Å². The average Bonchev–Trinajstić information content (AvgIpc) is 3.32. The van der Waals surface area contributed by atoms with Crippen molar-refractivity contribution in [2.45, 2.75) is 57.9 Å². The second-order valence-corrected chi connectivity index (χ2v) is 8.95. The lowest BCUT2D eigenvalue weighted by Crippen LogP contribution is -2.46. The molecule has 1 unspecified atom stereocenters. The molecule has 2 heterocycles. The van der Waals surface area contributed by atoms with Crippen LogP contribution < -0.4 is 5.32 Å². The Kier molecular flexibility index (Phi) is 5.72. The summed E-state index contributed by atoms with van der Waals surface area (Å²) in [7, 11) is 0. The maximum atomic E-state index is 13.1. The molecule has 1 saturated carbocycles. The molecule has 0 radical (unpaired) electrons. The third kappa shape index (κ3) is 4.09. The van der Waals surface area contributed by atoms with Crippen molar-refractivity contribution in [2.24, 2.45) is 11.3 Å². The smallest absolute Gasteiger partial charge is 0.227 e. The van der Waals surface area contributed by atoms with Gasteiger partial charge in [-0.05, 0) is 38.2 Å². The van der Waals surface area contributed by atoms with Gasteiger partial charge in [0.2, 0.25) is 11.8 Å². The van der Waals surface area contributed by atoms with Crippen molar-refractivity contribution in [2.75, 3.05) is 26.3 Å². The van der Waals surface area contributed by atoms with E-state index in [2.05, 4.69) is 12.2 Å². The van der Waals surface area contributed by atoms with E-state index in [0.717, 1.165) is 31.2 Å². The van der Waals surface area contributed by atoms with Gasteiger partial charge in [0.15, 0.2) is 0 Å². The minimum absolute atomic E-state index is 0.112. The Morgan fingerprint density at radius 3 is 2.50 bits per heavy atom. The Bertz CT molecular complexity index is 703. The normalized spacial score (nSPS) is 24.6. The van der Waals surface area contributed by atoms with Crippen LogP contribution in [0.2, 0.25) is 0 Å². The number of nitrogens with one attached hydrogen (secondary N) is 1. The molecule has 28 heavy (non-hydrogen) atoms. The summed E-state index contributed by atoms with van der Waals surface area (Å²) in [6, 6.07) is 8.46. The number of hydrogen-bond acceptors (Lipinski definition) is 3. The van der Waals surface area contributed by atoms with Crippen molar-refractivity contribution in [1.29, 1.82) is 0 Å². The maximum absolute atomic E-state index is 13.1. The molecule has 152 valence electrons. The first-order valence-corrected chi connectivity index (χ1v) is 10.8. The van der Waals surface area contributed by atoms with Gasteiger partial charge in [-0.3, -0.25) is 9.59 Å². The van der Waals surface area contributed by atoms with Gasteiger partial charge in [0.1, 0.15) is 0 Å². The van der Waals surface area contributed by atoms with Crippen molar-refractivity contribution in [1.82, 2.24) is 10.2 Å². The van der Waals surface area contributed by atoms with E-state index in [-0.39, 0.29) is 23.1 Å². The van der Waals surface area contributed by atoms with Crippen LogP contribution in [0.1, 0.15) is 49.7 Å². The van der Waals surface area contributed by atoms with Gasteiger partial charge >= 0.3 is 0 Å². The predicted octanol–water partition coefficient (Wildman–Crippen LogP) is 2.85. The van der Waals surface area contributed by atoms with E-state index in [1.54, 1.807) is 0 Å². The minimum Gasteiger partial charge on any atom is -0.381 e. The largest absolute Gasteiger partial charge is 0.381 e. The number of amides is 2. The van der Waals surface area contributed by atoms with Gasteiger partial charge in [-0.2, -0.15) is 0 Å². The summed E-state index contributed by atoms with van der Waals surface area (Å²) in [4.78, 5) is 28.1. The third-order valence-electron chi connectivity index (χ3n) is 6.98. The summed E-state index contributed by atoms with van der Waals surface area (Å²) in [5.41, 5.74) is 2.11. The van der Waals surface area contributed by atoms with Crippen LogP contribution in [0.3, 0.4) is 0 Å². The number of likely N-dealkylation sites (tertiary alicyclic amines) is 1. The summed E-state index contributed by atoms with van der Waals surface area (Å²) < 4.78 is 5.59. The van der Waals surface area contributed by atoms with Gasteiger partial charge in [0, 0.05) is 37.8 Å². The lowest BCUT2D eigenvalue weighted by molar-refractivity contribution is -0.130. The Labute approximate surface area is 167 Å². The van der Waals surface area contributed by atoms with Crippen LogP contribution in [0.5, 0.6) is 0 Å². The van der Waals surface area contributed by atoms with Crippen molar-refractivity contribution in [3.63, 3.8) is 0 Å². The van der Waals surface area contributed by atoms with Crippen LogP contribution in [-0.2, 0) is 20.7 Å². The second kappa shape index (κ2) is 8.24. The van der Waals surface area contributed by atoms with E-state index in [0.29, 0.717) is 38.8 Å². The topological polar surface area (TPSA) is 58.6 Å². The molecule has 5 heteroatoms. The molecule has 4 rings (SSSR count). The number of hydrogen-bond donors (Lipinski definition) is 1. The molecule has 2 amide bonds. The number of carbonyl (C=O) groups excluding carboxylic acids is 2. The van der Waals surface area contributed by atoms with Crippen molar-refractivity contribution < 1.29 is 14.3 Å². The Morgan fingerprint density at radius 1 is 1.14 bits per heavy atom. The SMILES string of the molecule is Cc1ccc(CC(=O)N2CC(C(=O)NC3CCCC3)C3(CCOCC3)C2)cc1. The summed E-state index contributed by atoms with van der Waals surface area (Å²) in [6.45, 7) is 4.65. The number of benzene rings is 1. The molecule has 5 nitrogen and oxygen atoms in total. The number of rotatable bonds is 4. The van der Waals surface area contributed by atoms with E-state index in [9.17, 15) is 9.59 Å². The van der Waals surface area contributed by atoms with E-state index in [4.69, 9.17) is 4.74 Å². The molecule has 1 aromatic rings.